The summed E-state index contributed by atoms with van der Waals surface area (Å²) in [6.07, 6.45) is -5.15. The van der Waals surface area contributed by atoms with Crippen LogP contribution in [0.3, 0.4) is 0 Å². The maximum atomic E-state index is 12.2. The molecule has 0 saturated heterocycles. The summed E-state index contributed by atoms with van der Waals surface area (Å²) >= 11 is 0. The van der Waals surface area contributed by atoms with Gasteiger partial charge in [-0.3, -0.25) is 4.79 Å². The van der Waals surface area contributed by atoms with Gasteiger partial charge < -0.3 is 9.47 Å². The standard InChI is InChI=1S/C12H10F3NO4/c1-19-9(17)7-16-10(8-5-3-2-4-6-8)20-11(18)12(13,14)15/h2-6H,7H2,1H3. The molecule has 0 atom stereocenters. The van der Waals surface area contributed by atoms with Crippen LogP contribution in [0, 0.1) is 0 Å². The molecular formula is C12H10F3NO4. The van der Waals surface area contributed by atoms with Crippen LogP contribution in [0.1, 0.15) is 5.56 Å². The lowest BCUT2D eigenvalue weighted by Crippen LogP contribution is -2.28. The molecule has 0 saturated carbocycles. The van der Waals surface area contributed by atoms with E-state index in [2.05, 4.69) is 14.5 Å². The molecule has 1 aromatic rings. The molecule has 0 N–H and O–H groups in total. The molecular weight excluding hydrogens is 279 g/mol. The van der Waals surface area contributed by atoms with Gasteiger partial charge in [-0.2, -0.15) is 13.2 Å². The minimum absolute atomic E-state index is 0.133. The van der Waals surface area contributed by atoms with Gasteiger partial charge in [0.1, 0.15) is 6.54 Å². The fraction of sp³-hybridized carbons (Fsp3) is 0.250. The van der Waals surface area contributed by atoms with E-state index in [-0.39, 0.29) is 5.56 Å². The summed E-state index contributed by atoms with van der Waals surface area (Å²) in [5, 5.41) is 0. The molecule has 8 heteroatoms. The molecule has 0 aliphatic rings. The third kappa shape index (κ3) is 4.71. The topological polar surface area (TPSA) is 65.0 Å². The van der Waals surface area contributed by atoms with Crippen molar-refractivity contribution >= 4 is 17.8 Å². The highest BCUT2D eigenvalue weighted by molar-refractivity contribution is 6.02. The van der Waals surface area contributed by atoms with Crippen LogP contribution in [0.2, 0.25) is 0 Å². The number of alkyl halides is 3. The predicted molar refractivity (Wildman–Crippen MR) is 62.0 cm³/mol. The van der Waals surface area contributed by atoms with Crippen LogP contribution < -0.4 is 0 Å². The Balaban J connectivity index is 2.97. The van der Waals surface area contributed by atoms with Gasteiger partial charge in [0.25, 0.3) is 0 Å². The Morgan fingerprint density at radius 1 is 1.20 bits per heavy atom. The fourth-order valence-corrected chi connectivity index (χ4v) is 1.11. The lowest BCUT2D eigenvalue weighted by molar-refractivity contribution is -0.191. The van der Waals surface area contributed by atoms with E-state index >= 15 is 0 Å². The highest BCUT2D eigenvalue weighted by Crippen LogP contribution is 2.18. The number of methoxy groups -OCH3 is 1. The summed E-state index contributed by atoms with van der Waals surface area (Å²) in [5.74, 6) is -3.79. The van der Waals surface area contributed by atoms with Gasteiger partial charge in [-0.05, 0) is 12.1 Å². The van der Waals surface area contributed by atoms with E-state index in [1.54, 1.807) is 6.07 Å². The first kappa shape index (κ1) is 15.7. The molecule has 0 radical (unpaired) electrons. The van der Waals surface area contributed by atoms with Crippen LogP contribution >= 0.6 is 0 Å². The van der Waals surface area contributed by atoms with Crippen molar-refractivity contribution in [3.8, 4) is 0 Å². The molecule has 0 bridgehead atoms. The summed E-state index contributed by atoms with van der Waals surface area (Å²) in [6.45, 7) is -0.564. The second kappa shape index (κ2) is 6.69. The molecule has 1 aromatic carbocycles. The molecule has 1 rings (SSSR count). The van der Waals surface area contributed by atoms with Crippen LogP contribution in [0.15, 0.2) is 35.3 Å². The Kier molecular flexibility index (Phi) is 5.24. The molecule has 0 aliphatic carbocycles. The normalized spacial score (nSPS) is 11.9. The minimum atomic E-state index is -5.15. The van der Waals surface area contributed by atoms with Crippen LogP contribution in [0.4, 0.5) is 13.2 Å². The first-order valence-corrected chi connectivity index (χ1v) is 5.30. The zero-order chi connectivity index (χ0) is 15.2. The van der Waals surface area contributed by atoms with Crippen LogP contribution in [-0.4, -0.2) is 37.7 Å². The monoisotopic (exact) mass is 289 g/mol. The summed E-state index contributed by atoms with van der Waals surface area (Å²) in [7, 11) is 1.10. The van der Waals surface area contributed by atoms with Gasteiger partial charge in [0.2, 0.25) is 5.90 Å². The van der Waals surface area contributed by atoms with Gasteiger partial charge in [0.05, 0.1) is 7.11 Å². The second-order valence-electron chi connectivity index (χ2n) is 3.45. The van der Waals surface area contributed by atoms with Gasteiger partial charge in [0.15, 0.2) is 0 Å². The van der Waals surface area contributed by atoms with E-state index in [9.17, 15) is 22.8 Å². The van der Waals surface area contributed by atoms with Crippen molar-refractivity contribution in [2.24, 2.45) is 4.99 Å². The summed E-state index contributed by atoms with van der Waals surface area (Å²) in [6, 6.07) is 7.43. The van der Waals surface area contributed by atoms with Crippen molar-refractivity contribution in [1.29, 1.82) is 0 Å². The predicted octanol–water partition coefficient (Wildman–Crippen LogP) is 1.71. The van der Waals surface area contributed by atoms with Crippen molar-refractivity contribution in [3.63, 3.8) is 0 Å². The van der Waals surface area contributed by atoms with Crippen molar-refractivity contribution in [1.82, 2.24) is 0 Å². The number of hydrogen-bond donors (Lipinski definition) is 0. The van der Waals surface area contributed by atoms with Gasteiger partial charge in [-0.15, -0.1) is 0 Å². The highest BCUT2D eigenvalue weighted by atomic mass is 19.4. The Hall–Kier alpha value is -2.38. The highest BCUT2D eigenvalue weighted by Gasteiger charge is 2.42. The number of carbonyl (C=O) groups excluding carboxylic acids is 2. The van der Waals surface area contributed by atoms with E-state index in [1.165, 1.54) is 24.3 Å². The number of halogens is 3. The van der Waals surface area contributed by atoms with Gasteiger partial charge in [-0.25, -0.2) is 9.79 Å². The van der Waals surface area contributed by atoms with Gasteiger partial charge >= 0.3 is 18.1 Å². The minimum Gasteiger partial charge on any atom is -0.468 e. The Bertz CT molecular complexity index is 511. The van der Waals surface area contributed by atoms with E-state index < -0.39 is 30.6 Å². The molecule has 0 fully saturated rings. The second-order valence-corrected chi connectivity index (χ2v) is 3.45. The average Bonchev–Trinajstić information content (AvgIpc) is 2.42. The average molecular weight is 289 g/mol. The molecule has 108 valence electrons. The van der Waals surface area contributed by atoms with E-state index in [0.717, 1.165) is 7.11 Å². The van der Waals surface area contributed by atoms with Crippen molar-refractivity contribution in [2.45, 2.75) is 6.18 Å². The van der Waals surface area contributed by atoms with Crippen LogP contribution in [0.5, 0.6) is 0 Å². The van der Waals surface area contributed by atoms with E-state index in [0.29, 0.717) is 0 Å². The first-order chi connectivity index (χ1) is 9.34. The molecule has 5 nitrogen and oxygen atoms in total. The summed E-state index contributed by atoms with van der Waals surface area (Å²) in [4.78, 5) is 25.3. The van der Waals surface area contributed by atoms with Gasteiger partial charge in [0, 0.05) is 5.56 Å². The summed E-state index contributed by atoms with van der Waals surface area (Å²) in [5.41, 5.74) is 0.133. The summed E-state index contributed by atoms with van der Waals surface area (Å²) < 4.78 is 45.0. The van der Waals surface area contributed by atoms with Crippen LogP contribution in [-0.2, 0) is 19.1 Å². The number of carbonyl (C=O) groups is 2. The maximum absolute atomic E-state index is 12.2. The molecule has 0 aliphatic heterocycles. The molecule has 20 heavy (non-hydrogen) atoms. The lowest BCUT2D eigenvalue weighted by atomic mass is 10.2. The number of hydrogen-bond acceptors (Lipinski definition) is 5. The van der Waals surface area contributed by atoms with Crippen molar-refractivity contribution < 1.29 is 32.2 Å². The third-order valence-corrected chi connectivity index (χ3v) is 2.02. The number of aliphatic imine (C=N–C) groups is 1. The molecule has 0 unspecified atom stereocenters. The van der Waals surface area contributed by atoms with E-state index in [1.807, 2.05) is 0 Å². The van der Waals surface area contributed by atoms with Crippen molar-refractivity contribution in [3.05, 3.63) is 35.9 Å². The quantitative estimate of drug-likeness (QED) is 0.483. The molecule has 0 heterocycles. The molecule has 0 aromatic heterocycles. The smallest absolute Gasteiger partial charge is 0.468 e. The fourth-order valence-electron chi connectivity index (χ4n) is 1.11. The largest absolute Gasteiger partial charge is 0.491 e. The zero-order valence-corrected chi connectivity index (χ0v) is 10.3. The van der Waals surface area contributed by atoms with Crippen LogP contribution in [0.25, 0.3) is 0 Å². The first-order valence-electron chi connectivity index (χ1n) is 5.30. The third-order valence-electron chi connectivity index (χ3n) is 2.02. The van der Waals surface area contributed by atoms with Crippen molar-refractivity contribution in [2.75, 3.05) is 13.7 Å². The van der Waals surface area contributed by atoms with Gasteiger partial charge in [-0.1, -0.05) is 18.2 Å². The number of esters is 2. The number of ether oxygens (including phenoxy) is 2. The lowest BCUT2D eigenvalue weighted by Gasteiger charge is -2.09. The van der Waals surface area contributed by atoms with E-state index in [4.69, 9.17) is 0 Å². The number of benzene rings is 1. The number of nitrogens with zero attached hydrogens (tertiary/aromatic N) is 1. The maximum Gasteiger partial charge on any atom is 0.491 e. The molecule has 0 amide bonds. The number of rotatable bonds is 3. The Morgan fingerprint density at radius 3 is 2.30 bits per heavy atom. The SMILES string of the molecule is COC(=O)CN=C(OC(=O)C(F)(F)F)c1ccccc1. The Labute approximate surface area is 112 Å². The molecule has 0 spiro atoms. The Morgan fingerprint density at radius 2 is 1.80 bits per heavy atom. The zero-order valence-electron chi connectivity index (χ0n) is 10.3.